The molecule has 0 N–H and O–H groups in total. The van der Waals surface area contributed by atoms with E-state index in [1.54, 1.807) is 0 Å². The molecule has 0 fully saturated rings. The highest BCUT2D eigenvalue weighted by atomic mass is 16.3. The van der Waals surface area contributed by atoms with Crippen LogP contribution in [0.4, 0.5) is 17.1 Å². The minimum absolute atomic E-state index is 0.853. The molecule has 53 heavy (non-hydrogen) atoms. The monoisotopic (exact) mass is 677 g/mol. The fraction of sp³-hybridized carbons (Fsp3) is 0. The van der Waals surface area contributed by atoms with E-state index in [4.69, 9.17) is 8.83 Å². The molecular weight excluding hydrogens is 647 g/mol. The Labute approximate surface area is 305 Å². The Morgan fingerprint density at radius 2 is 0.943 bits per heavy atom. The molecule has 3 nitrogen and oxygen atoms in total. The van der Waals surface area contributed by atoms with Crippen LogP contribution >= 0.6 is 0 Å². The van der Waals surface area contributed by atoms with Crippen molar-refractivity contribution in [2.75, 3.05) is 4.90 Å². The van der Waals surface area contributed by atoms with E-state index < -0.39 is 0 Å². The first kappa shape index (κ1) is 29.6. The van der Waals surface area contributed by atoms with Gasteiger partial charge in [-0.2, -0.15) is 0 Å². The van der Waals surface area contributed by atoms with Gasteiger partial charge in [0.2, 0.25) is 0 Å². The van der Waals surface area contributed by atoms with Gasteiger partial charge in [0, 0.05) is 38.2 Å². The lowest BCUT2D eigenvalue weighted by Gasteiger charge is -2.30. The molecule has 3 heteroatoms. The number of hydrogen-bond acceptors (Lipinski definition) is 3. The minimum Gasteiger partial charge on any atom is -0.456 e. The lowest BCUT2D eigenvalue weighted by Crippen LogP contribution is -2.12. The van der Waals surface area contributed by atoms with Crippen LogP contribution in [-0.2, 0) is 0 Å². The zero-order valence-corrected chi connectivity index (χ0v) is 28.7. The lowest BCUT2D eigenvalue weighted by atomic mass is 9.96. The molecule has 0 amide bonds. The van der Waals surface area contributed by atoms with Crippen LogP contribution in [0, 0.1) is 0 Å². The molecule has 11 rings (SSSR count). The summed E-state index contributed by atoms with van der Waals surface area (Å²) in [6.45, 7) is 0. The van der Waals surface area contributed by atoms with Gasteiger partial charge in [-0.15, -0.1) is 0 Å². The summed E-state index contributed by atoms with van der Waals surface area (Å²) in [4.78, 5) is 2.42. The molecule has 0 aliphatic carbocycles. The van der Waals surface area contributed by atoms with Crippen molar-refractivity contribution in [1.29, 1.82) is 0 Å². The quantitative estimate of drug-likeness (QED) is 0.170. The van der Waals surface area contributed by atoms with E-state index in [9.17, 15) is 0 Å². The van der Waals surface area contributed by atoms with Crippen molar-refractivity contribution in [3.05, 3.63) is 188 Å². The van der Waals surface area contributed by atoms with E-state index in [0.717, 1.165) is 83.2 Å². The molecule has 0 saturated heterocycles. The number of hydrogen-bond donors (Lipinski definition) is 0. The lowest BCUT2D eigenvalue weighted by molar-refractivity contribution is 0.668. The molecule has 2 heterocycles. The molecule has 0 saturated carbocycles. The predicted octanol–water partition coefficient (Wildman–Crippen LogP) is 14.6. The second-order valence-corrected chi connectivity index (χ2v) is 13.7. The van der Waals surface area contributed by atoms with Gasteiger partial charge in [0.1, 0.15) is 16.7 Å². The van der Waals surface area contributed by atoms with Crippen molar-refractivity contribution in [3.63, 3.8) is 0 Å². The van der Waals surface area contributed by atoms with E-state index in [1.165, 1.54) is 21.5 Å². The molecule has 0 radical (unpaired) electrons. The fourth-order valence-electron chi connectivity index (χ4n) is 8.16. The molecule has 0 spiro atoms. The van der Waals surface area contributed by atoms with E-state index in [0.29, 0.717) is 0 Å². The van der Waals surface area contributed by atoms with E-state index in [-0.39, 0.29) is 0 Å². The molecular formula is C50H31NO2. The zero-order chi connectivity index (χ0) is 34.9. The van der Waals surface area contributed by atoms with Crippen LogP contribution in [0.2, 0.25) is 0 Å². The smallest absolute Gasteiger partial charge is 0.160 e. The highest BCUT2D eigenvalue weighted by molar-refractivity contribution is 6.18. The molecule has 9 aromatic carbocycles. The topological polar surface area (TPSA) is 29.5 Å². The number of fused-ring (bicyclic) bond motifs is 9. The van der Waals surface area contributed by atoms with Crippen molar-refractivity contribution >= 4 is 82.5 Å². The Hall–Kier alpha value is -7.10. The van der Waals surface area contributed by atoms with Crippen molar-refractivity contribution in [2.45, 2.75) is 0 Å². The van der Waals surface area contributed by atoms with Crippen LogP contribution in [0.15, 0.2) is 197 Å². The third kappa shape index (κ3) is 4.68. The zero-order valence-electron chi connectivity index (χ0n) is 28.7. The maximum atomic E-state index is 6.88. The van der Waals surface area contributed by atoms with Gasteiger partial charge in [0.25, 0.3) is 0 Å². The molecule has 11 aromatic rings. The van der Waals surface area contributed by atoms with Gasteiger partial charge in [0.05, 0.1) is 11.4 Å². The first-order valence-electron chi connectivity index (χ1n) is 18.0. The Kier molecular flexibility index (Phi) is 6.55. The van der Waals surface area contributed by atoms with Crippen LogP contribution in [0.1, 0.15) is 0 Å². The molecule has 0 bridgehead atoms. The summed E-state index contributed by atoms with van der Waals surface area (Å²) in [5, 5.41) is 9.22. The average Bonchev–Trinajstić information content (AvgIpc) is 3.80. The Morgan fingerprint density at radius 3 is 1.74 bits per heavy atom. The second-order valence-electron chi connectivity index (χ2n) is 13.7. The number of benzene rings is 9. The van der Waals surface area contributed by atoms with Gasteiger partial charge in [-0.25, -0.2) is 0 Å². The highest BCUT2D eigenvalue weighted by Crippen LogP contribution is 2.50. The van der Waals surface area contributed by atoms with Crippen LogP contribution in [-0.4, -0.2) is 0 Å². The van der Waals surface area contributed by atoms with Gasteiger partial charge in [-0.1, -0.05) is 140 Å². The maximum absolute atomic E-state index is 6.88. The van der Waals surface area contributed by atoms with E-state index >= 15 is 0 Å². The summed E-state index contributed by atoms with van der Waals surface area (Å²) in [6, 6.07) is 66.9. The maximum Gasteiger partial charge on any atom is 0.160 e. The van der Waals surface area contributed by atoms with Gasteiger partial charge >= 0.3 is 0 Å². The third-order valence-corrected chi connectivity index (χ3v) is 10.7. The minimum atomic E-state index is 0.853. The Morgan fingerprint density at radius 1 is 0.340 bits per heavy atom. The average molecular weight is 678 g/mol. The summed E-state index contributed by atoms with van der Waals surface area (Å²) >= 11 is 0. The van der Waals surface area contributed by atoms with Crippen molar-refractivity contribution in [3.8, 4) is 22.3 Å². The second kappa shape index (κ2) is 11.7. The standard InChI is InChI=1S/C50H31NO2/c1-2-12-33(13-3-1)38-27-28-43-41-18-8-11-21-47(41)53-50(43)49(38)51(45-31-35-14-4-5-15-37(35)39-16-6-7-17-40(39)45)36-25-22-32(23-26-36)34-24-29-48-44(30-34)42-19-9-10-20-46(42)52-48/h1-31H. The summed E-state index contributed by atoms with van der Waals surface area (Å²) in [6.07, 6.45) is 0. The van der Waals surface area contributed by atoms with Gasteiger partial charge in [0.15, 0.2) is 5.58 Å². The highest BCUT2D eigenvalue weighted by Gasteiger charge is 2.26. The number of anilines is 3. The summed E-state index contributed by atoms with van der Waals surface area (Å²) < 4.78 is 13.0. The summed E-state index contributed by atoms with van der Waals surface area (Å²) in [7, 11) is 0. The fourth-order valence-corrected chi connectivity index (χ4v) is 8.16. The van der Waals surface area contributed by atoms with Crippen LogP contribution in [0.25, 0.3) is 87.7 Å². The molecule has 0 aliphatic heterocycles. The van der Waals surface area contributed by atoms with Crippen molar-refractivity contribution in [2.24, 2.45) is 0 Å². The molecule has 248 valence electrons. The Bertz CT molecular complexity index is 3170. The van der Waals surface area contributed by atoms with Crippen LogP contribution in [0.5, 0.6) is 0 Å². The van der Waals surface area contributed by atoms with E-state index in [1.807, 2.05) is 18.2 Å². The molecule has 2 aromatic heterocycles. The number of nitrogens with zero attached hydrogens (tertiary/aromatic N) is 1. The van der Waals surface area contributed by atoms with Gasteiger partial charge in [-0.3, -0.25) is 0 Å². The first-order chi connectivity index (χ1) is 26.3. The van der Waals surface area contributed by atoms with Crippen LogP contribution in [0.3, 0.4) is 0 Å². The predicted molar refractivity (Wildman–Crippen MR) is 222 cm³/mol. The summed E-state index contributed by atoms with van der Waals surface area (Å²) in [5.74, 6) is 0. The van der Waals surface area contributed by atoms with Gasteiger partial charge in [-0.05, 0) is 81.4 Å². The Balaban J connectivity index is 1.20. The SMILES string of the molecule is c1ccc(-c2ccc3c(oc4ccccc43)c2N(c2ccc(-c3ccc4oc5ccccc5c4c3)cc2)c2cc3ccccc3c3ccccc23)cc1. The largest absolute Gasteiger partial charge is 0.456 e. The normalized spacial score (nSPS) is 11.8. The van der Waals surface area contributed by atoms with E-state index in [2.05, 4.69) is 175 Å². The number of para-hydroxylation sites is 2. The molecule has 0 unspecified atom stereocenters. The van der Waals surface area contributed by atoms with Crippen molar-refractivity contribution in [1.82, 2.24) is 0 Å². The summed E-state index contributed by atoms with van der Waals surface area (Å²) in [5.41, 5.74) is 11.1. The van der Waals surface area contributed by atoms with Crippen molar-refractivity contribution < 1.29 is 8.83 Å². The third-order valence-electron chi connectivity index (χ3n) is 10.7. The van der Waals surface area contributed by atoms with Gasteiger partial charge < -0.3 is 13.7 Å². The first-order valence-corrected chi connectivity index (χ1v) is 18.0. The number of rotatable bonds is 5. The van der Waals surface area contributed by atoms with Crippen LogP contribution < -0.4 is 4.90 Å². The number of furan rings is 2. The molecule has 0 atom stereocenters. The molecule has 0 aliphatic rings.